The van der Waals surface area contributed by atoms with Crippen molar-refractivity contribution in [3.8, 4) is 0 Å². The van der Waals surface area contributed by atoms with Crippen LogP contribution in [-0.4, -0.2) is 6.54 Å². The van der Waals surface area contributed by atoms with Crippen LogP contribution in [-0.2, 0) is 0 Å². The van der Waals surface area contributed by atoms with Crippen LogP contribution in [0, 0.1) is 5.92 Å². The lowest BCUT2D eigenvalue weighted by Crippen LogP contribution is -2.25. The van der Waals surface area contributed by atoms with Crippen molar-refractivity contribution in [1.29, 1.82) is 0 Å². The van der Waals surface area contributed by atoms with Gasteiger partial charge in [0.05, 0.1) is 0 Å². The Balaban J connectivity index is 2.85. The summed E-state index contributed by atoms with van der Waals surface area (Å²) in [5.74, 6) is 1.25. The molecule has 16 heavy (non-hydrogen) atoms. The highest BCUT2D eigenvalue weighted by atomic mass is 14.9. The van der Waals surface area contributed by atoms with Gasteiger partial charge in [-0.2, -0.15) is 0 Å². The SMILES string of the molecule is CCNC(c1ccc(C(C)C)cc1)C(C)C. The van der Waals surface area contributed by atoms with Crippen molar-refractivity contribution in [3.05, 3.63) is 35.4 Å². The molecule has 0 aliphatic rings. The number of hydrogen-bond acceptors (Lipinski definition) is 1. The average molecular weight is 219 g/mol. The number of hydrogen-bond donors (Lipinski definition) is 1. The third-order valence-electron chi connectivity index (χ3n) is 3.05. The summed E-state index contributed by atoms with van der Waals surface area (Å²) in [6.45, 7) is 12.2. The molecule has 1 aromatic rings. The molecule has 1 atom stereocenters. The topological polar surface area (TPSA) is 12.0 Å². The summed E-state index contributed by atoms with van der Waals surface area (Å²) in [4.78, 5) is 0. The first-order valence-electron chi connectivity index (χ1n) is 6.39. The summed E-state index contributed by atoms with van der Waals surface area (Å²) in [5, 5.41) is 3.55. The molecule has 0 saturated carbocycles. The molecular weight excluding hydrogens is 194 g/mol. The Morgan fingerprint density at radius 2 is 1.44 bits per heavy atom. The molecule has 1 aromatic carbocycles. The van der Waals surface area contributed by atoms with E-state index in [1.807, 2.05) is 0 Å². The molecule has 1 N–H and O–H groups in total. The van der Waals surface area contributed by atoms with Gasteiger partial charge < -0.3 is 5.32 Å². The molecule has 0 fully saturated rings. The second-order valence-corrected chi connectivity index (χ2v) is 5.10. The molecular formula is C15H25N. The highest BCUT2D eigenvalue weighted by Crippen LogP contribution is 2.23. The van der Waals surface area contributed by atoms with Crippen LogP contribution in [0.5, 0.6) is 0 Å². The molecule has 1 heteroatoms. The molecule has 1 nitrogen and oxygen atoms in total. The molecule has 1 unspecified atom stereocenters. The van der Waals surface area contributed by atoms with Gasteiger partial charge in [-0.25, -0.2) is 0 Å². The monoisotopic (exact) mass is 219 g/mol. The number of benzene rings is 1. The highest BCUT2D eigenvalue weighted by molar-refractivity contribution is 5.27. The van der Waals surface area contributed by atoms with E-state index in [-0.39, 0.29) is 0 Å². The second kappa shape index (κ2) is 6.05. The van der Waals surface area contributed by atoms with E-state index in [0.717, 1.165) is 6.54 Å². The van der Waals surface area contributed by atoms with Gasteiger partial charge in [0.1, 0.15) is 0 Å². The molecule has 0 bridgehead atoms. The Labute approximate surface area is 100 Å². The van der Waals surface area contributed by atoms with Crippen LogP contribution in [0.2, 0.25) is 0 Å². The molecule has 0 amide bonds. The molecule has 0 saturated heterocycles. The van der Waals surface area contributed by atoms with Crippen molar-refractivity contribution in [2.24, 2.45) is 5.92 Å². The lowest BCUT2D eigenvalue weighted by Gasteiger charge is -2.22. The van der Waals surface area contributed by atoms with E-state index in [1.165, 1.54) is 11.1 Å². The summed E-state index contributed by atoms with van der Waals surface area (Å²) in [6.07, 6.45) is 0. The fourth-order valence-corrected chi connectivity index (χ4v) is 2.05. The van der Waals surface area contributed by atoms with Crippen LogP contribution >= 0.6 is 0 Å². The molecule has 90 valence electrons. The van der Waals surface area contributed by atoms with Gasteiger partial charge >= 0.3 is 0 Å². The van der Waals surface area contributed by atoms with E-state index in [1.54, 1.807) is 0 Å². The zero-order valence-electron chi connectivity index (χ0n) is 11.2. The van der Waals surface area contributed by atoms with Crippen LogP contribution in [0.4, 0.5) is 0 Å². The zero-order chi connectivity index (χ0) is 12.1. The Bertz CT molecular complexity index is 298. The highest BCUT2D eigenvalue weighted by Gasteiger charge is 2.14. The van der Waals surface area contributed by atoms with Gasteiger partial charge in [0.25, 0.3) is 0 Å². The van der Waals surface area contributed by atoms with E-state index in [0.29, 0.717) is 17.9 Å². The summed E-state index contributed by atoms with van der Waals surface area (Å²) in [5.41, 5.74) is 2.82. The first-order chi connectivity index (χ1) is 7.56. The number of nitrogens with one attached hydrogen (secondary N) is 1. The first kappa shape index (κ1) is 13.2. The van der Waals surface area contributed by atoms with E-state index in [9.17, 15) is 0 Å². The van der Waals surface area contributed by atoms with Crippen molar-refractivity contribution >= 4 is 0 Å². The van der Waals surface area contributed by atoms with E-state index in [4.69, 9.17) is 0 Å². The summed E-state index contributed by atoms with van der Waals surface area (Å²) < 4.78 is 0. The van der Waals surface area contributed by atoms with Gasteiger partial charge in [-0.15, -0.1) is 0 Å². The minimum absolute atomic E-state index is 0.478. The average Bonchev–Trinajstić information content (AvgIpc) is 2.25. The maximum Gasteiger partial charge on any atom is 0.0343 e. The predicted molar refractivity (Wildman–Crippen MR) is 71.8 cm³/mol. The standard InChI is InChI=1S/C15H25N/c1-6-16-15(12(4)5)14-9-7-13(8-10-14)11(2)3/h7-12,15-16H,6H2,1-5H3. The Kier molecular flexibility index (Phi) is 5.01. The van der Waals surface area contributed by atoms with Gasteiger partial charge in [0, 0.05) is 6.04 Å². The molecule has 0 aliphatic heterocycles. The molecule has 0 radical (unpaired) electrons. The van der Waals surface area contributed by atoms with Crippen LogP contribution in [0.25, 0.3) is 0 Å². The Hall–Kier alpha value is -0.820. The van der Waals surface area contributed by atoms with Gasteiger partial charge in [-0.3, -0.25) is 0 Å². The van der Waals surface area contributed by atoms with Crippen LogP contribution in [0.1, 0.15) is 57.7 Å². The summed E-state index contributed by atoms with van der Waals surface area (Å²) in [7, 11) is 0. The van der Waals surface area contributed by atoms with Crippen LogP contribution in [0.3, 0.4) is 0 Å². The predicted octanol–water partition coefficient (Wildman–Crippen LogP) is 4.12. The van der Waals surface area contributed by atoms with Crippen LogP contribution < -0.4 is 5.32 Å². The second-order valence-electron chi connectivity index (χ2n) is 5.10. The van der Waals surface area contributed by atoms with Gasteiger partial charge in [-0.05, 0) is 29.5 Å². The zero-order valence-corrected chi connectivity index (χ0v) is 11.2. The van der Waals surface area contributed by atoms with Gasteiger partial charge in [0.15, 0.2) is 0 Å². The molecule has 0 heterocycles. The van der Waals surface area contributed by atoms with Crippen molar-refractivity contribution < 1.29 is 0 Å². The minimum Gasteiger partial charge on any atom is -0.310 e. The van der Waals surface area contributed by atoms with Gasteiger partial charge in [0.2, 0.25) is 0 Å². The van der Waals surface area contributed by atoms with E-state index in [2.05, 4.69) is 64.2 Å². The van der Waals surface area contributed by atoms with Crippen LogP contribution in [0.15, 0.2) is 24.3 Å². The normalized spacial score (nSPS) is 13.4. The fourth-order valence-electron chi connectivity index (χ4n) is 2.05. The Morgan fingerprint density at radius 1 is 0.938 bits per heavy atom. The quantitative estimate of drug-likeness (QED) is 0.785. The molecule has 0 aliphatic carbocycles. The lowest BCUT2D eigenvalue weighted by atomic mass is 9.93. The molecule has 1 rings (SSSR count). The van der Waals surface area contributed by atoms with Crippen molar-refractivity contribution in [2.75, 3.05) is 6.54 Å². The third kappa shape index (κ3) is 3.34. The smallest absolute Gasteiger partial charge is 0.0343 e. The van der Waals surface area contributed by atoms with Gasteiger partial charge in [-0.1, -0.05) is 58.9 Å². The molecule has 0 aromatic heterocycles. The number of rotatable bonds is 5. The van der Waals surface area contributed by atoms with Crippen molar-refractivity contribution in [1.82, 2.24) is 5.32 Å². The maximum absolute atomic E-state index is 3.55. The lowest BCUT2D eigenvalue weighted by molar-refractivity contribution is 0.421. The van der Waals surface area contributed by atoms with E-state index < -0.39 is 0 Å². The largest absolute Gasteiger partial charge is 0.310 e. The van der Waals surface area contributed by atoms with E-state index >= 15 is 0 Å². The Morgan fingerprint density at radius 3 is 1.81 bits per heavy atom. The third-order valence-corrected chi connectivity index (χ3v) is 3.05. The summed E-state index contributed by atoms with van der Waals surface area (Å²) in [6, 6.07) is 9.52. The molecule has 0 spiro atoms. The van der Waals surface area contributed by atoms with Crippen molar-refractivity contribution in [2.45, 2.75) is 46.6 Å². The fraction of sp³-hybridized carbons (Fsp3) is 0.600. The van der Waals surface area contributed by atoms with Crippen molar-refractivity contribution in [3.63, 3.8) is 0 Å². The summed E-state index contributed by atoms with van der Waals surface area (Å²) >= 11 is 0. The first-order valence-corrected chi connectivity index (χ1v) is 6.39. The maximum atomic E-state index is 3.55. The minimum atomic E-state index is 0.478.